The van der Waals surface area contributed by atoms with Crippen molar-refractivity contribution in [2.24, 2.45) is 0 Å². The predicted molar refractivity (Wildman–Crippen MR) is 76.9 cm³/mol. The minimum absolute atomic E-state index is 0.326. The van der Waals surface area contributed by atoms with E-state index in [0.29, 0.717) is 6.04 Å². The van der Waals surface area contributed by atoms with E-state index in [4.69, 9.17) is 0 Å². The van der Waals surface area contributed by atoms with Crippen molar-refractivity contribution in [2.75, 3.05) is 24.5 Å². The Bertz CT molecular complexity index is 408. The van der Waals surface area contributed by atoms with Crippen molar-refractivity contribution < 1.29 is 0 Å². The fourth-order valence-corrected chi connectivity index (χ4v) is 2.26. The number of rotatable bonds is 4. The highest BCUT2D eigenvalue weighted by atomic mass is 15.1. The summed E-state index contributed by atoms with van der Waals surface area (Å²) in [6.07, 6.45) is 5.46. The van der Waals surface area contributed by atoms with Gasteiger partial charge in [0.1, 0.15) is 0 Å². The smallest absolute Gasteiger partial charge is 0.0572 e. The number of nitrogens with one attached hydrogen (secondary N) is 1. The molecular weight excluding hydrogens is 222 g/mol. The number of pyridine rings is 1. The lowest BCUT2D eigenvalue weighted by molar-refractivity contribution is 0.583. The molecule has 0 amide bonds. The van der Waals surface area contributed by atoms with E-state index >= 15 is 0 Å². The number of hydrogen-bond acceptors (Lipinski definition) is 3. The van der Waals surface area contributed by atoms with Crippen LogP contribution in [0.1, 0.15) is 38.9 Å². The minimum Gasteiger partial charge on any atom is -0.366 e. The highest BCUT2D eigenvalue weighted by molar-refractivity contribution is 5.46. The van der Waals surface area contributed by atoms with Crippen molar-refractivity contribution in [3.05, 3.63) is 35.7 Å². The van der Waals surface area contributed by atoms with E-state index in [9.17, 15) is 0 Å². The number of hydrogen-bond donors (Lipinski definition) is 1. The van der Waals surface area contributed by atoms with E-state index in [-0.39, 0.29) is 0 Å². The molecule has 1 N–H and O–H groups in total. The predicted octanol–water partition coefficient (Wildman–Crippen LogP) is 2.91. The van der Waals surface area contributed by atoms with Crippen LogP contribution in [0.25, 0.3) is 0 Å². The van der Waals surface area contributed by atoms with E-state index in [1.165, 1.54) is 11.3 Å². The van der Waals surface area contributed by atoms with E-state index in [2.05, 4.69) is 54.2 Å². The third-order valence-electron chi connectivity index (χ3n) is 3.53. The first kappa shape index (κ1) is 13.1. The standard InChI is InChI=1S/C15H23N3/c1-4-16-13(3)15-6-5-14(11-17-15)18-9-7-12(2)8-10-18/h5-7,11,13,16H,4,8-10H2,1-3H3. The highest BCUT2D eigenvalue weighted by Crippen LogP contribution is 2.20. The molecule has 2 heterocycles. The lowest BCUT2D eigenvalue weighted by Gasteiger charge is -2.27. The molecule has 0 saturated carbocycles. The van der Waals surface area contributed by atoms with Gasteiger partial charge in [-0.25, -0.2) is 0 Å². The van der Waals surface area contributed by atoms with Gasteiger partial charge in [0.25, 0.3) is 0 Å². The molecule has 0 fully saturated rings. The first-order valence-electron chi connectivity index (χ1n) is 6.80. The zero-order valence-corrected chi connectivity index (χ0v) is 11.6. The van der Waals surface area contributed by atoms with Crippen molar-refractivity contribution in [3.8, 4) is 0 Å². The Kier molecular flexibility index (Phi) is 4.37. The molecule has 1 aliphatic rings. The molecule has 0 aliphatic carbocycles. The molecule has 1 aromatic heterocycles. The van der Waals surface area contributed by atoms with Gasteiger partial charge in [0.05, 0.1) is 17.6 Å². The first-order chi connectivity index (χ1) is 8.70. The lowest BCUT2D eigenvalue weighted by Crippen LogP contribution is -2.28. The summed E-state index contributed by atoms with van der Waals surface area (Å²) in [4.78, 5) is 6.94. The van der Waals surface area contributed by atoms with Gasteiger partial charge in [-0.15, -0.1) is 0 Å². The fraction of sp³-hybridized carbons (Fsp3) is 0.533. The summed E-state index contributed by atoms with van der Waals surface area (Å²) >= 11 is 0. The van der Waals surface area contributed by atoms with Crippen molar-refractivity contribution >= 4 is 5.69 Å². The topological polar surface area (TPSA) is 28.2 Å². The third kappa shape index (κ3) is 3.10. The molecule has 1 atom stereocenters. The van der Waals surface area contributed by atoms with Gasteiger partial charge in [0.15, 0.2) is 0 Å². The molecule has 0 spiro atoms. The molecule has 1 aliphatic heterocycles. The van der Waals surface area contributed by atoms with Gasteiger partial charge < -0.3 is 10.2 Å². The molecule has 0 aromatic carbocycles. The second-order valence-electron chi connectivity index (χ2n) is 4.97. The molecule has 0 bridgehead atoms. The largest absolute Gasteiger partial charge is 0.366 e. The van der Waals surface area contributed by atoms with Gasteiger partial charge in [-0.1, -0.05) is 18.6 Å². The van der Waals surface area contributed by atoms with Crippen LogP contribution in [0, 0.1) is 0 Å². The second kappa shape index (κ2) is 6.01. The maximum Gasteiger partial charge on any atom is 0.0572 e. The molecule has 18 heavy (non-hydrogen) atoms. The van der Waals surface area contributed by atoms with Crippen LogP contribution in [-0.2, 0) is 0 Å². The molecule has 1 aromatic rings. The van der Waals surface area contributed by atoms with E-state index in [0.717, 1.165) is 31.7 Å². The normalized spacial score (nSPS) is 17.5. The van der Waals surface area contributed by atoms with Crippen LogP contribution in [0.15, 0.2) is 30.0 Å². The van der Waals surface area contributed by atoms with Crippen LogP contribution >= 0.6 is 0 Å². The van der Waals surface area contributed by atoms with Crippen molar-refractivity contribution in [1.29, 1.82) is 0 Å². The average molecular weight is 245 g/mol. The van der Waals surface area contributed by atoms with Crippen molar-refractivity contribution in [2.45, 2.75) is 33.2 Å². The monoisotopic (exact) mass is 245 g/mol. The first-order valence-corrected chi connectivity index (χ1v) is 6.80. The van der Waals surface area contributed by atoms with Crippen LogP contribution in [0.3, 0.4) is 0 Å². The molecule has 0 radical (unpaired) electrons. The van der Waals surface area contributed by atoms with Gasteiger partial charge in [0, 0.05) is 19.1 Å². The summed E-state index contributed by atoms with van der Waals surface area (Å²) in [7, 11) is 0. The Morgan fingerprint density at radius 1 is 1.44 bits per heavy atom. The maximum atomic E-state index is 4.57. The number of aromatic nitrogens is 1. The summed E-state index contributed by atoms with van der Waals surface area (Å²) in [6.45, 7) is 9.56. The second-order valence-corrected chi connectivity index (χ2v) is 4.97. The Labute approximate surface area is 110 Å². The molecule has 1 unspecified atom stereocenters. The number of nitrogens with zero attached hydrogens (tertiary/aromatic N) is 2. The summed E-state index contributed by atoms with van der Waals surface area (Å²) < 4.78 is 0. The number of anilines is 1. The van der Waals surface area contributed by atoms with E-state index in [1.807, 2.05) is 6.20 Å². The molecule has 2 rings (SSSR count). The van der Waals surface area contributed by atoms with E-state index < -0.39 is 0 Å². The van der Waals surface area contributed by atoms with Gasteiger partial charge in [-0.05, 0) is 38.9 Å². The van der Waals surface area contributed by atoms with Crippen LogP contribution in [-0.4, -0.2) is 24.6 Å². The quantitative estimate of drug-likeness (QED) is 0.827. The zero-order valence-electron chi connectivity index (χ0n) is 11.6. The Morgan fingerprint density at radius 3 is 2.83 bits per heavy atom. The Hall–Kier alpha value is -1.35. The van der Waals surface area contributed by atoms with Crippen LogP contribution in [0.5, 0.6) is 0 Å². The molecule has 98 valence electrons. The molecule has 3 heteroatoms. The zero-order chi connectivity index (χ0) is 13.0. The van der Waals surface area contributed by atoms with Gasteiger partial charge in [-0.3, -0.25) is 4.98 Å². The molecule has 3 nitrogen and oxygen atoms in total. The summed E-state index contributed by atoms with van der Waals surface area (Å²) in [5.74, 6) is 0. The van der Waals surface area contributed by atoms with Gasteiger partial charge in [0.2, 0.25) is 0 Å². The van der Waals surface area contributed by atoms with Gasteiger partial charge in [-0.2, -0.15) is 0 Å². The van der Waals surface area contributed by atoms with Crippen LogP contribution in [0.2, 0.25) is 0 Å². The van der Waals surface area contributed by atoms with Crippen molar-refractivity contribution in [3.63, 3.8) is 0 Å². The van der Waals surface area contributed by atoms with Crippen LogP contribution < -0.4 is 10.2 Å². The summed E-state index contributed by atoms with van der Waals surface area (Å²) in [5.41, 5.74) is 3.84. The van der Waals surface area contributed by atoms with E-state index in [1.54, 1.807) is 0 Å². The lowest BCUT2D eigenvalue weighted by atomic mass is 10.1. The fourth-order valence-electron chi connectivity index (χ4n) is 2.26. The Balaban J connectivity index is 2.03. The Morgan fingerprint density at radius 2 is 2.28 bits per heavy atom. The van der Waals surface area contributed by atoms with Crippen molar-refractivity contribution in [1.82, 2.24) is 10.3 Å². The minimum atomic E-state index is 0.326. The third-order valence-corrected chi connectivity index (χ3v) is 3.53. The van der Waals surface area contributed by atoms with Crippen LogP contribution in [0.4, 0.5) is 5.69 Å². The van der Waals surface area contributed by atoms with Gasteiger partial charge >= 0.3 is 0 Å². The molecule has 0 saturated heterocycles. The summed E-state index contributed by atoms with van der Waals surface area (Å²) in [5, 5.41) is 3.38. The SMILES string of the molecule is CCNC(C)c1ccc(N2CC=C(C)CC2)cn1. The highest BCUT2D eigenvalue weighted by Gasteiger charge is 2.11. The molecular formula is C15H23N3. The summed E-state index contributed by atoms with van der Waals surface area (Å²) in [6, 6.07) is 4.64. The maximum absolute atomic E-state index is 4.57. The average Bonchev–Trinajstić information content (AvgIpc) is 2.40.